The fourth-order valence-electron chi connectivity index (χ4n) is 1.74. The zero-order valence-electron chi connectivity index (χ0n) is 10.7. The lowest BCUT2D eigenvalue weighted by atomic mass is 10.1. The summed E-state index contributed by atoms with van der Waals surface area (Å²) in [6.07, 6.45) is 5.74. The van der Waals surface area contributed by atoms with Gasteiger partial charge < -0.3 is 18.9 Å². The summed E-state index contributed by atoms with van der Waals surface area (Å²) >= 11 is 0. The number of ether oxygens (including phenoxy) is 4. The summed E-state index contributed by atoms with van der Waals surface area (Å²) in [6, 6.07) is 0. The van der Waals surface area contributed by atoms with Gasteiger partial charge in [0, 0.05) is 0 Å². The summed E-state index contributed by atoms with van der Waals surface area (Å²) in [5, 5.41) is 0. The molecule has 100 valence electrons. The van der Waals surface area contributed by atoms with E-state index < -0.39 is 0 Å². The van der Waals surface area contributed by atoms with Crippen molar-refractivity contribution in [3.05, 3.63) is 0 Å². The van der Waals surface area contributed by atoms with Gasteiger partial charge in [0.1, 0.15) is 12.2 Å². The van der Waals surface area contributed by atoms with E-state index in [1.54, 1.807) is 0 Å². The number of hydrogen-bond donors (Lipinski definition) is 0. The second-order valence-corrected chi connectivity index (χ2v) is 4.90. The molecule has 3 unspecified atom stereocenters. The lowest BCUT2D eigenvalue weighted by Gasteiger charge is -2.17. The van der Waals surface area contributed by atoms with Gasteiger partial charge in [-0.25, -0.2) is 0 Å². The van der Waals surface area contributed by atoms with Gasteiger partial charge >= 0.3 is 0 Å². The first-order chi connectivity index (χ1) is 8.38. The van der Waals surface area contributed by atoms with Crippen LogP contribution in [-0.4, -0.2) is 51.3 Å². The molecule has 0 N–H and O–H groups in total. The van der Waals surface area contributed by atoms with Crippen LogP contribution in [0.1, 0.15) is 32.6 Å². The predicted octanol–water partition coefficient (Wildman–Crippen LogP) is 1.77. The van der Waals surface area contributed by atoms with Crippen LogP contribution < -0.4 is 0 Å². The van der Waals surface area contributed by atoms with Crippen LogP contribution in [0.5, 0.6) is 0 Å². The maximum Gasteiger partial charge on any atom is 0.104 e. The van der Waals surface area contributed by atoms with E-state index in [0.717, 1.165) is 26.2 Å². The Morgan fingerprint density at radius 2 is 1.82 bits per heavy atom. The fraction of sp³-hybridized carbons (Fsp3) is 1.00. The van der Waals surface area contributed by atoms with Crippen LogP contribution >= 0.6 is 0 Å². The molecular weight excluding hydrogens is 220 g/mol. The molecule has 0 aromatic rings. The van der Waals surface area contributed by atoms with E-state index in [0.29, 0.717) is 25.4 Å². The third kappa shape index (κ3) is 6.36. The molecule has 0 amide bonds. The largest absolute Gasteiger partial charge is 0.376 e. The number of rotatable bonds is 11. The van der Waals surface area contributed by atoms with Crippen molar-refractivity contribution in [2.45, 2.75) is 50.9 Å². The van der Waals surface area contributed by atoms with Gasteiger partial charge in [0.05, 0.1) is 39.1 Å². The Morgan fingerprint density at radius 1 is 1.12 bits per heavy atom. The zero-order chi connectivity index (χ0) is 11.9. The first-order valence-corrected chi connectivity index (χ1v) is 6.81. The third-order valence-corrected chi connectivity index (χ3v) is 3.06. The lowest BCUT2D eigenvalue weighted by molar-refractivity contribution is -0.0287. The average Bonchev–Trinajstić information content (AvgIpc) is 3.18. The Labute approximate surface area is 104 Å². The van der Waals surface area contributed by atoms with Crippen LogP contribution in [-0.2, 0) is 18.9 Å². The number of hydrogen-bond acceptors (Lipinski definition) is 4. The molecule has 4 heteroatoms. The van der Waals surface area contributed by atoms with Crippen LogP contribution in [0, 0.1) is 0 Å². The highest BCUT2D eigenvalue weighted by molar-refractivity contribution is 4.70. The second kappa shape index (κ2) is 7.31. The van der Waals surface area contributed by atoms with Crippen molar-refractivity contribution in [1.29, 1.82) is 0 Å². The summed E-state index contributed by atoms with van der Waals surface area (Å²) in [6.45, 7) is 6.06. The average molecular weight is 244 g/mol. The molecule has 2 heterocycles. The van der Waals surface area contributed by atoms with Crippen molar-refractivity contribution in [3.8, 4) is 0 Å². The first kappa shape index (κ1) is 13.3. The smallest absolute Gasteiger partial charge is 0.104 e. The number of unbranched alkanes of at least 4 members (excludes halogenated alkanes) is 2. The van der Waals surface area contributed by atoms with Crippen molar-refractivity contribution < 1.29 is 18.9 Å². The maximum absolute atomic E-state index is 5.82. The van der Waals surface area contributed by atoms with Crippen molar-refractivity contribution in [1.82, 2.24) is 0 Å². The second-order valence-electron chi connectivity index (χ2n) is 4.90. The van der Waals surface area contributed by atoms with E-state index in [4.69, 9.17) is 18.9 Å². The topological polar surface area (TPSA) is 43.5 Å². The molecule has 2 aliphatic rings. The Kier molecular flexibility index (Phi) is 5.71. The van der Waals surface area contributed by atoms with Crippen molar-refractivity contribution in [2.75, 3.05) is 33.0 Å². The first-order valence-electron chi connectivity index (χ1n) is 6.81. The highest BCUT2D eigenvalue weighted by Gasteiger charge is 2.25. The summed E-state index contributed by atoms with van der Waals surface area (Å²) in [5.41, 5.74) is 0. The molecule has 2 rings (SSSR count). The lowest BCUT2D eigenvalue weighted by Crippen LogP contribution is -2.23. The summed E-state index contributed by atoms with van der Waals surface area (Å²) < 4.78 is 21.7. The minimum absolute atomic E-state index is 0.226. The Morgan fingerprint density at radius 3 is 2.47 bits per heavy atom. The molecule has 0 aromatic heterocycles. The van der Waals surface area contributed by atoms with Crippen molar-refractivity contribution in [3.63, 3.8) is 0 Å². The molecule has 17 heavy (non-hydrogen) atoms. The van der Waals surface area contributed by atoms with Crippen LogP contribution in [0.3, 0.4) is 0 Å². The Hall–Kier alpha value is -0.160. The Bertz CT molecular complexity index is 202. The minimum Gasteiger partial charge on any atom is -0.376 e. The van der Waals surface area contributed by atoms with Crippen LogP contribution in [0.2, 0.25) is 0 Å². The highest BCUT2D eigenvalue weighted by atomic mass is 16.6. The SMILES string of the molecule is CCCCCC(COCC1CO1)OCC1CO1. The fourth-order valence-corrected chi connectivity index (χ4v) is 1.74. The monoisotopic (exact) mass is 244 g/mol. The molecule has 0 aromatic carbocycles. The van der Waals surface area contributed by atoms with E-state index in [9.17, 15) is 0 Å². The molecule has 3 atom stereocenters. The van der Waals surface area contributed by atoms with Gasteiger partial charge in [-0.3, -0.25) is 0 Å². The van der Waals surface area contributed by atoms with E-state index >= 15 is 0 Å². The van der Waals surface area contributed by atoms with E-state index in [1.165, 1.54) is 19.3 Å². The van der Waals surface area contributed by atoms with Gasteiger partial charge in [-0.1, -0.05) is 26.2 Å². The van der Waals surface area contributed by atoms with Gasteiger partial charge in [0.15, 0.2) is 0 Å². The molecule has 2 fully saturated rings. The van der Waals surface area contributed by atoms with Gasteiger partial charge in [-0.15, -0.1) is 0 Å². The molecule has 0 spiro atoms. The maximum atomic E-state index is 5.82. The molecule has 2 saturated heterocycles. The summed E-state index contributed by atoms with van der Waals surface area (Å²) in [5.74, 6) is 0. The summed E-state index contributed by atoms with van der Waals surface area (Å²) in [4.78, 5) is 0. The van der Waals surface area contributed by atoms with E-state index in [1.807, 2.05) is 0 Å². The predicted molar refractivity (Wildman–Crippen MR) is 64.2 cm³/mol. The van der Waals surface area contributed by atoms with Crippen LogP contribution in [0.15, 0.2) is 0 Å². The van der Waals surface area contributed by atoms with Gasteiger partial charge in [0.25, 0.3) is 0 Å². The van der Waals surface area contributed by atoms with Crippen LogP contribution in [0.4, 0.5) is 0 Å². The van der Waals surface area contributed by atoms with Crippen molar-refractivity contribution >= 4 is 0 Å². The summed E-state index contributed by atoms with van der Waals surface area (Å²) in [7, 11) is 0. The van der Waals surface area contributed by atoms with Crippen molar-refractivity contribution in [2.24, 2.45) is 0 Å². The molecule has 0 aliphatic carbocycles. The Balaban J connectivity index is 1.54. The van der Waals surface area contributed by atoms with Gasteiger partial charge in [-0.2, -0.15) is 0 Å². The molecule has 2 aliphatic heterocycles. The zero-order valence-corrected chi connectivity index (χ0v) is 10.7. The normalized spacial score (nSPS) is 28.1. The molecule has 0 saturated carbocycles. The third-order valence-electron chi connectivity index (χ3n) is 3.06. The molecule has 0 radical (unpaired) electrons. The highest BCUT2D eigenvalue weighted by Crippen LogP contribution is 2.14. The molecule has 0 bridgehead atoms. The standard InChI is InChI=1S/C13H24O4/c1-2-3-4-5-11(15-9-13-10-17-13)6-14-7-12-8-16-12/h11-13H,2-10H2,1H3. The van der Waals surface area contributed by atoms with Gasteiger partial charge in [-0.05, 0) is 6.42 Å². The molecular formula is C13H24O4. The van der Waals surface area contributed by atoms with E-state index in [-0.39, 0.29) is 6.10 Å². The minimum atomic E-state index is 0.226. The number of epoxide rings is 2. The van der Waals surface area contributed by atoms with Gasteiger partial charge in [0.2, 0.25) is 0 Å². The molecule has 4 nitrogen and oxygen atoms in total. The quantitative estimate of drug-likeness (QED) is 0.410. The van der Waals surface area contributed by atoms with E-state index in [2.05, 4.69) is 6.92 Å². The van der Waals surface area contributed by atoms with Crippen LogP contribution in [0.25, 0.3) is 0 Å².